The van der Waals surface area contributed by atoms with Gasteiger partial charge in [-0.15, -0.1) is 0 Å². The highest BCUT2D eigenvalue weighted by molar-refractivity contribution is 7.89. The first-order valence-corrected chi connectivity index (χ1v) is 10.3. The first kappa shape index (κ1) is 19.0. The minimum atomic E-state index is -3.58. The van der Waals surface area contributed by atoms with E-state index in [9.17, 15) is 13.2 Å². The maximum absolute atomic E-state index is 12.8. The molecular weight excluding hydrogens is 372 g/mol. The van der Waals surface area contributed by atoms with E-state index >= 15 is 0 Å². The second kappa shape index (κ2) is 7.88. The molecular formula is C19H21ClN2O3S. The van der Waals surface area contributed by atoms with Crippen LogP contribution in [0.5, 0.6) is 0 Å². The van der Waals surface area contributed by atoms with E-state index in [4.69, 9.17) is 11.6 Å². The number of ketones is 1. The van der Waals surface area contributed by atoms with Crippen molar-refractivity contribution in [3.05, 3.63) is 64.7 Å². The lowest BCUT2D eigenvalue weighted by molar-refractivity contribution is 0.101. The van der Waals surface area contributed by atoms with Crippen LogP contribution in [-0.2, 0) is 16.6 Å². The van der Waals surface area contributed by atoms with Crippen molar-refractivity contribution in [1.29, 1.82) is 0 Å². The van der Waals surface area contributed by atoms with E-state index < -0.39 is 10.0 Å². The molecule has 1 saturated heterocycles. The molecule has 138 valence electrons. The van der Waals surface area contributed by atoms with Gasteiger partial charge in [-0.25, -0.2) is 8.42 Å². The fraction of sp³-hybridized carbons (Fsp3) is 0.316. The van der Waals surface area contributed by atoms with E-state index in [1.165, 1.54) is 17.3 Å². The minimum Gasteiger partial charge on any atom is -0.296 e. The molecule has 2 aromatic rings. The van der Waals surface area contributed by atoms with Crippen LogP contribution in [0.15, 0.2) is 53.4 Å². The molecule has 3 rings (SSSR count). The molecule has 1 fully saturated rings. The summed E-state index contributed by atoms with van der Waals surface area (Å²) >= 11 is 5.90. The number of hydrogen-bond acceptors (Lipinski definition) is 4. The quantitative estimate of drug-likeness (QED) is 0.734. The second-order valence-electron chi connectivity index (χ2n) is 6.39. The highest BCUT2D eigenvalue weighted by Gasteiger charge is 2.28. The van der Waals surface area contributed by atoms with Crippen molar-refractivity contribution in [2.45, 2.75) is 18.4 Å². The van der Waals surface area contributed by atoms with Crippen LogP contribution in [0.25, 0.3) is 0 Å². The smallest absolute Gasteiger partial charge is 0.243 e. The Morgan fingerprint density at radius 1 is 1.04 bits per heavy atom. The zero-order chi connectivity index (χ0) is 18.7. The lowest BCUT2D eigenvalue weighted by atomic mass is 10.2. The van der Waals surface area contributed by atoms with Crippen LogP contribution in [0.3, 0.4) is 0 Å². The van der Waals surface area contributed by atoms with E-state index in [-0.39, 0.29) is 10.7 Å². The molecule has 1 aliphatic rings. The molecule has 0 aromatic heterocycles. The Morgan fingerprint density at radius 3 is 2.31 bits per heavy atom. The number of Topliss-reactive ketones (excluding diaryl/α,β-unsaturated/α-hetero) is 1. The molecule has 0 N–H and O–H groups in total. The molecule has 0 amide bonds. The number of hydrogen-bond donors (Lipinski definition) is 0. The van der Waals surface area contributed by atoms with Gasteiger partial charge in [-0.2, -0.15) is 4.31 Å². The molecule has 0 spiro atoms. The molecule has 2 aromatic carbocycles. The Bertz CT molecular complexity index is 889. The Kier molecular flexibility index (Phi) is 5.77. The number of halogens is 1. The summed E-state index contributed by atoms with van der Waals surface area (Å²) in [6.07, 6.45) is 0. The molecule has 0 saturated carbocycles. The lowest BCUT2D eigenvalue weighted by Crippen LogP contribution is -2.48. The molecule has 0 bridgehead atoms. The zero-order valence-corrected chi connectivity index (χ0v) is 16.1. The summed E-state index contributed by atoms with van der Waals surface area (Å²) in [6, 6.07) is 13.9. The van der Waals surface area contributed by atoms with E-state index in [2.05, 4.69) is 4.90 Å². The first-order valence-electron chi connectivity index (χ1n) is 8.44. The van der Waals surface area contributed by atoms with Gasteiger partial charge in [-0.1, -0.05) is 35.9 Å². The SMILES string of the molecule is CC(=O)c1cccc(S(=O)(=O)N2CCN(Cc3ccc(Cl)cc3)CC2)c1. The number of rotatable bonds is 5. The Morgan fingerprint density at radius 2 is 1.69 bits per heavy atom. The first-order chi connectivity index (χ1) is 12.4. The Labute approximate surface area is 159 Å². The van der Waals surface area contributed by atoms with Gasteiger partial charge >= 0.3 is 0 Å². The van der Waals surface area contributed by atoms with Crippen molar-refractivity contribution in [2.24, 2.45) is 0 Å². The fourth-order valence-corrected chi connectivity index (χ4v) is 4.60. The van der Waals surface area contributed by atoms with Crippen LogP contribution in [0.1, 0.15) is 22.8 Å². The number of benzene rings is 2. The molecule has 0 unspecified atom stereocenters. The van der Waals surface area contributed by atoms with Crippen LogP contribution in [0, 0.1) is 0 Å². The Hall–Kier alpha value is -1.73. The third-order valence-corrected chi connectivity index (χ3v) is 6.68. The van der Waals surface area contributed by atoms with Crippen molar-refractivity contribution in [3.63, 3.8) is 0 Å². The standard InChI is InChI=1S/C19H21ClN2O3S/c1-15(23)17-3-2-4-19(13-17)26(24,25)22-11-9-21(10-12-22)14-16-5-7-18(20)8-6-16/h2-8,13H,9-12,14H2,1H3. The Balaban J connectivity index is 1.66. The molecule has 26 heavy (non-hydrogen) atoms. The summed E-state index contributed by atoms with van der Waals surface area (Å²) in [4.78, 5) is 13.9. The van der Waals surface area contributed by atoms with E-state index in [0.717, 1.165) is 12.1 Å². The third kappa shape index (κ3) is 4.32. The molecule has 7 heteroatoms. The number of carbonyl (C=O) groups is 1. The predicted octanol–water partition coefficient (Wildman–Crippen LogP) is 3.05. The average molecular weight is 393 g/mol. The van der Waals surface area contributed by atoms with Crippen LogP contribution in [0.2, 0.25) is 5.02 Å². The summed E-state index contributed by atoms with van der Waals surface area (Å²) in [5, 5.41) is 0.706. The number of sulfonamides is 1. The minimum absolute atomic E-state index is 0.144. The summed E-state index contributed by atoms with van der Waals surface area (Å²) < 4.78 is 27.2. The van der Waals surface area contributed by atoms with Gasteiger partial charge in [0, 0.05) is 43.3 Å². The number of carbonyl (C=O) groups excluding carboxylic acids is 1. The van der Waals surface area contributed by atoms with Gasteiger partial charge in [-0.3, -0.25) is 9.69 Å². The van der Waals surface area contributed by atoms with Crippen molar-refractivity contribution in [1.82, 2.24) is 9.21 Å². The van der Waals surface area contributed by atoms with Gasteiger partial charge in [0.1, 0.15) is 0 Å². The van der Waals surface area contributed by atoms with Gasteiger partial charge in [-0.05, 0) is 36.8 Å². The van der Waals surface area contributed by atoms with Crippen LogP contribution in [0.4, 0.5) is 0 Å². The maximum Gasteiger partial charge on any atom is 0.243 e. The normalized spacial score (nSPS) is 16.5. The topological polar surface area (TPSA) is 57.7 Å². The second-order valence-corrected chi connectivity index (χ2v) is 8.77. The summed E-state index contributed by atoms with van der Waals surface area (Å²) in [7, 11) is -3.58. The molecule has 0 aliphatic carbocycles. The number of piperazine rings is 1. The van der Waals surface area contributed by atoms with Gasteiger partial charge in [0.25, 0.3) is 0 Å². The number of nitrogens with zero attached hydrogens (tertiary/aromatic N) is 2. The van der Waals surface area contributed by atoms with Crippen LogP contribution < -0.4 is 0 Å². The molecule has 5 nitrogen and oxygen atoms in total. The van der Waals surface area contributed by atoms with E-state index in [0.29, 0.717) is 36.8 Å². The molecule has 1 aliphatic heterocycles. The lowest BCUT2D eigenvalue weighted by Gasteiger charge is -2.34. The highest BCUT2D eigenvalue weighted by atomic mass is 35.5. The van der Waals surface area contributed by atoms with E-state index in [1.807, 2.05) is 24.3 Å². The highest BCUT2D eigenvalue weighted by Crippen LogP contribution is 2.20. The van der Waals surface area contributed by atoms with Crippen molar-refractivity contribution in [3.8, 4) is 0 Å². The molecule has 0 radical (unpaired) electrons. The molecule has 0 atom stereocenters. The summed E-state index contributed by atoms with van der Waals surface area (Å²) in [6.45, 7) is 4.38. The van der Waals surface area contributed by atoms with Gasteiger partial charge in [0.05, 0.1) is 4.90 Å². The third-order valence-electron chi connectivity index (χ3n) is 4.53. The van der Waals surface area contributed by atoms with Gasteiger partial charge in [0.15, 0.2) is 5.78 Å². The average Bonchev–Trinajstić information content (AvgIpc) is 2.64. The predicted molar refractivity (Wildman–Crippen MR) is 102 cm³/mol. The largest absolute Gasteiger partial charge is 0.296 e. The van der Waals surface area contributed by atoms with Crippen LogP contribution in [-0.4, -0.2) is 49.6 Å². The van der Waals surface area contributed by atoms with Crippen molar-refractivity contribution in [2.75, 3.05) is 26.2 Å². The van der Waals surface area contributed by atoms with Gasteiger partial charge in [0.2, 0.25) is 10.0 Å². The van der Waals surface area contributed by atoms with Crippen molar-refractivity contribution < 1.29 is 13.2 Å². The zero-order valence-electron chi connectivity index (χ0n) is 14.6. The van der Waals surface area contributed by atoms with E-state index in [1.54, 1.807) is 18.2 Å². The molecule has 1 heterocycles. The van der Waals surface area contributed by atoms with Crippen molar-refractivity contribution >= 4 is 27.4 Å². The maximum atomic E-state index is 12.8. The van der Waals surface area contributed by atoms with Crippen LogP contribution >= 0.6 is 11.6 Å². The van der Waals surface area contributed by atoms with Gasteiger partial charge < -0.3 is 0 Å². The fourth-order valence-electron chi connectivity index (χ4n) is 3.00. The summed E-state index contributed by atoms with van der Waals surface area (Å²) in [5.41, 5.74) is 1.56. The monoisotopic (exact) mass is 392 g/mol. The summed E-state index contributed by atoms with van der Waals surface area (Å²) in [5.74, 6) is -0.144.